The number of hydrogen-bond donors (Lipinski definition) is 1. The molecule has 0 saturated heterocycles. The lowest BCUT2D eigenvalue weighted by atomic mass is 9.91. The largest absolute Gasteiger partial charge is 0.340 e. The van der Waals surface area contributed by atoms with E-state index in [2.05, 4.69) is 48.6 Å². The number of benzene rings is 1. The van der Waals surface area contributed by atoms with Crippen LogP contribution in [-0.2, 0) is 13.6 Å². The number of hydrogen-bond acceptors (Lipinski definition) is 2. The van der Waals surface area contributed by atoms with E-state index >= 15 is 0 Å². The molecule has 3 heteroatoms. The topological polar surface area (TPSA) is 40.8 Å². The van der Waals surface area contributed by atoms with Gasteiger partial charge in [0.1, 0.15) is 11.8 Å². The van der Waals surface area contributed by atoms with Crippen LogP contribution in [0.4, 0.5) is 0 Å². The van der Waals surface area contributed by atoms with E-state index in [0.717, 1.165) is 18.2 Å². The minimum Gasteiger partial charge on any atom is -0.340 e. The van der Waals surface area contributed by atoms with Crippen LogP contribution in [0.25, 0.3) is 0 Å². The quantitative estimate of drug-likeness (QED) is 0.898. The number of nitrogens with one attached hydrogen (secondary N) is 1. The summed E-state index contributed by atoms with van der Waals surface area (Å²) in [6, 6.07) is 15.5. The highest BCUT2D eigenvalue weighted by molar-refractivity contribution is 5.34. The summed E-state index contributed by atoms with van der Waals surface area (Å²) in [5.74, 6) is 0.719. The first-order valence-electron chi connectivity index (χ1n) is 8.54. The minimum absolute atomic E-state index is 0.406. The zero-order valence-electron chi connectivity index (χ0n) is 14.0. The Hall–Kier alpha value is -2.05. The molecule has 0 unspecified atom stereocenters. The summed E-state index contributed by atoms with van der Waals surface area (Å²) < 4.78 is 1.98. The van der Waals surface area contributed by atoms with Gasteiger partial charge in [-0.25, -0.2) is 0 Å². The molecule has 3 rings (SSSR count). The monoisotopic (exact) mass is 307 g/mol. The van der Waals surface area contributed by atoms with Gasteiger partial charge in [-0.05, 0) is 42.9 Å². The average molecular weight is 307 g/mol. The van der Waals surface area contributed by atoms with E-state index in [1.807, 2.05) is 17.7 Å². The van der Waals surface area contributed by atoms with Gasteiger partial charge in [0.15, 0.2) is 0 Å². The van der Waals surface area contributed by atoms with Crippen molar-refractivity contribution in [3.05, 3.63) is 58.9 Å². The molecule has 1 fully saturated rings. The summed E-state index contributed by atoms with van der Waals surface area (Å²) in [6.45, 7) is 2.91. The van der Waals surface area contributed by atoms with E-state index in [1.165, 1.54) is 42.5 Å². The second-order valence-corrected chi connectivity index (χ2v) is 6.62. The summed E-state index contributed by atoms with van der Waals surface area (Å²) in [5, 5.41) is 13.0. The van der Waals surface area contributed by atoms with Crippen molar-refractivity contribution in [1.82, 2.24) is 9.88 Å². The van der Waals surface area contributed by atoms with Crippen LogP contribution in [0, 0.1) is 24.2 Å². The molecular weight excluding hydrogens is 282 g/mol. The van der Waals surface area contributed by atoms with Gasteiger partial charge in [-0.3, -0.25) is 0 Å². The van der Waals surface area contributed by atoms with Crippen molar-refractivity contribution in [3.63, 3.8) is 0 Å². The Balaban J connectivity index is 1.78. The maximum atomic E-state index is 9.19. The predicted octanol–water partition coefficient (Wildman–Crippen LogP) is 4.23. The van der Waals surface area contributed by atoms with Gasteiger partial charge in [0.25, 0.3) is 0 Å². The Kier molecular flexibility index (Phi) is 4.83. The third kappa shape index (κ3) is 3.33. The van der Waals surface area contributed by atoms with E-state index in [0.29, 0.717) is 6.04 Å². The van der Waals surface area contributed by atoms with Gasteiger partial charge in [0.2, 0.25) is 0 Å². The maximum absolute atomic E-state index is 9.19. The Morgan fingerprint density at radius 3 is 2.57 bits per heavy atom. The van der Waals surface area contributed by atoms with E-state index < -0.39 is 0 Å². The average Bonchev–Trinajstić information content (AvgIpc) is 3.20. The lowest BCUT2D eigenvalue weighted by Crippen LogP contribution is -2.27. The fourth-order valence-corrected chi connectivity index (χ4v) is 3.78. The van der Waals surface area contributed by atoms with E-state index in [4.69, 9.17) is 0 Å². The van der Waals surface area contributed by atoms with Crippen molar-refractivity contribution >= 4 is 0 Å². The second kappa shape index (κ2) is 7.02. The second-order valence-electron chi connectivity index (χ2n) is 6.62. The zero-order chi connectivity index (χ0) is 16.2. The lowest BCUT2D eigenvalue weighted by molar-refractivity contribution is 0.365. The molecule has 1 heterocycles. The number of nitriles is 1. The standard InChI is InChI=1S/C20H25N3/c1-15-18(12-19(13-21)23(15)2)14-22-20(17-10-6-7-11-17)16-8-4-3-5-9-16/h3-5,8-9,12,17,20,22H,6-7,10-11,14H2,1-2H3/t20-/m0/s1. The molecule has 0 radical (unpaired) electrons. The summed E-state index contributed by atoms with van der Waals surface area (Å²) in [4.78, 5) is 0. The minimum atomic E-state index is 0.406. The van der Waals surface area contributed by atoms with Crippen LogP contribution in [0.2, 0.25) is 0 Å². The molecule has 1 N–H and O–H groups in total. The molecule has 1 saturated carbocycles. The molecule has 120 valence electrons. The molecule has 0 bridgehead atoms. The Morgan fingerprint density at radius 1 is 1.26 bits per heavy atom. The number of rotatable bonds is 5. The third-order valence-electron chi connectivity index (χ3n) is 5.30. The molecule has 0 aliphatic heterocycles. The van der Waals surface area contributed by atoms with E-state index in [-0.39, 0.29) is 0 Å². The van der Waals surface area contributed by atoms with Crippen LogP contribution < -0.4 is 5.32 Å². The number of nitrogens with zero attached hydrogens (tertiary/aromatic N) is 2. The number of aromatic nitrogens is 1. The van der Waals surface area contributed by atoms with Crippen LogP contribution >= 0.6 is 0 Å². The zero-order valence-corrected chi connectivity index (χ0v) is 14.0. The molecule has 23 heavy (non-hydrogen) atoms. The predicted molar refractivity (Wildman–Crippen MR) is 92.8 cm³/mol. The fraction of sp³-hybridized carbons (Fsp3) is 0.450. The van der Waals surface area contributed by atoms with E-state index in [9.17, 15) is 5.26 Å². The highest BCUT2D eigenvalue weighted by atomic mass is 15.0. The molecule has 1 aromatic carbocycles. The molecule has 1 aromatic heterocycles. The smallest absolute Gasteiger partial charge is 0.120 e. The van der Waals surface area contributed by atoms with Gasteiger partial charge in [-0.1, -0.05) is 43.2 Å². The van der Waals surface area contributed by atoms with Gasteiger partial charge < -0.3 is 9.88 Å². The Labute approximate surface area is 138 Å². The van der Waals surface area contributed by atoms with Crippen LogP contribution in [0.1, 0.15) is 54.2 Å². The molecule has 1 aliphatic carbocycles. The summed E-state index contributed by atoms with van der Waals surface area (Å²) in [5.41, 5.74) is 4.51. The maximum Gasteiger partial charge on any atom is 0.120 e. The van der Waals surface area contributed by atoms with Crippen molar-refractivity contribution in [3.8, 4) is 6.07 Å². The van der Waals surface area contributed by atoms with Gasteiger partial charge in [-0.2, -0.15) is 5.26 Å². The Morgan fingerprint density at radius 2 is 1.96 bits per heavy atom. The van der Waals surface area contributed by atoms with Crippen molar-refractivity contribution in [2.75, 3.05) is 0 Å². The summed E-state index contributed by atoms with van der Waals surface area (Å²) in [7, 11) is 1.96. The fourth-order valence-electron chi connectivity index (χ4n) is 3.78. The third-order valence-corrected chi connectivity index (χ3v) is 5.30. The van der Waals surface area contributed by atoms with Crippen molar-refractivity contribution < 1.29 is 0 Å². The van der Waals surface area contributed by atoms with Gasteiger partial charge >= 0.3 is 0 Å². The van der Waals surface area contributed by atoms with Crippen LogP contribution in [-0.4, -0.2) is 4.57 Å². The van der Waals surface area contributed by atoms with Gasteiger partial charge in [-0.15, -0.1) is 0 Å². The van der Waals surface area contributed by atoms with Crippen LogP contribution in [0.5, 0.6) is 0 Å². The molecule has 2 aromatic rings. The van der Waals surface area contributed by atoms with Crippen molar-refractivity contribution in [2.24, 2.45) is 13.0 Å². The van der Waals surface area contributed by atoms with Gasteiger partial charge in [0, 0.05) is 25.3 Å². The van der Waals surface area contributed by atoms with Crippen LogP contribution in [0.15, 0.2) is 36.4 Å². The van der Waals surface area contributed by atoms with E-state index in [1.54, 1.807) is 0 Å². The highest BCUT2D eigenvalue weighted by Gasteiger charge is 2.26. The first kappa shape index (κ1) is 15.8. The molecule has 3 nitrogen and oxygen atoms in total. The van der Waals surface area contributed by atoms with Crippen molar-refractivity contribution in [1.29, 1.82) is 5.26 Å². The molecule has 0 spiro atoms. The lowest BCUT2D eigenvalue weighted by Gasteiger charge is -2.25. The van der Waals surface area contributed by atoms with Crippen molar-refractivity contribution in [2.45, 2.75) is 45.2 Å². The normalized spacial score (nSPS) is 16.4. The van der Waals surface area contributed by atoms with Gasteiger partial charge in [0.05, 0.1) is 0 Å². The SMILES string of the molecule is Cc1c(CN[C@@H](c2ccccc2)C2CCCC2)cc(C#N)n1C. The molecule has 0 amide bonds. The Bertz CT molecular complexity index is 688. The summed E-state index contributed by atoms with van der Waals surface area (Å²) in [6.07, 6.45) is 5.31. The molecular formula is C20H25N3. The van der Waals surface area contributed by atoms with Crippen LogP contribution in [0.3, 0.4) is 0 Å². The molecule has 1 atom stereocenters. The summed E-state index contributed by atoms with van der Waals surface area (Å²) >= 11 is 0. The molecule has 1 aliphatic rings. The first-order valence-corrected chi connectivity index (χ1v) is 8.54. The first-order chi connectivity index (χ1) is 11.2. The highest BCUT2D eigenvalue weighted by Crippen LogP contribution is 2.36.